The molecule has 2 nitrogen and oxygen atoms in total. The molecule has 3 rings (SSSR count). The number of hydrogen-bond donors (Lipinski definition) is 0. The van der Waals surface area contributed by atoms with E-state index in [9.17, 15) is 0 Å². The van der Waals surface area contributed by atoms with Gasteiger partial charge in [0.15, 0.2) is 0 Å². The first kappa shape index (κ1) is 9.22. The Kier molecular flexibility index (Phi) is 1.99. The van der Waals surface area contributed by atoms with Crippen molar-refractivity contribution in [3.05, 3.63) is 29.8 Å². The fourth-order valence-corrected chi connectivity index (χ4v) is 2.75. The monoisotopic (exact) mass is 204 g/mol. The largest absolute Gasteiger partial charge is 0.484 e. The van der Waals surface area contributed by atoms with Crippen molar-refractivity contribution in [1.82, 2.24) is 0 Å². The van der Waals surface area contributed by atoms with Gasteiger partial charge in [-0.15, -0.1) is 0 Å². The molecule has 2 aliphatic rings. The second-order valence-corrected chi connectivity index (χ2v) is 4.73. The third-order valence-corrected chi connectivity index (χ3v) is 3.52. The number of fused-ring (bicyclic) bond motifs is 1. The van der Waals surface area contributed by atoms with Gasteiger partial charge in [0.2, 0.25) is 0 Å². The van der Waals surface area contributed by atoms with E-state index in [0.29, 0.717) is 5.92 Å². The van der Waals surface area contributed by atoms with Crippen molar-refractivity contribution in [3.8, 4) is 5.75 Å². The third kappa shape index (κ3) is 1.44. The summed E-state index contributed by atoms with van der Waals surface area (Å²) < 4.78 is 11.6. The SMILES string of the molecule is CC1CC2(CCOC2)Oc2ccccc21. The number of ether oxygens (including phenoxy) is 2. The Hall–Kier alpha value is -1.02. The van der Waals surface area contributed by atoms with Crippen molar-refractivity contribution in [3.63, 3.8) is 0 Å². The van der Waals surface area contributed by atoms with Gasteiger partial charge >= 0.3 is 0 Å². The van der Waals surface area contributed by atoms with Crippen LogP contribution in [0.3, 0.4) is 0 Å². The van der Waals surface area contributed by atoms with Crippen LogP contribution in [0.1, 0.15) is 31.2 Å². The lowest BCUT2D eigenvalue weighted by Gasteiger charge is -2.37. The lowest BCUT2D eigenvalue weighted by Crippen LogP contribution is -2.41. The van der Waals surface area contributed by atoms with Crippen LogP contribution in [0, 0.1) is 0 Å². The topological polar surface area (TPSA) is 18.5 Å². The molecule has 80 valence electrons. The first-order chi connectivity index (χ1) is 7.29. The molecule has 1 saturated heterocycles. The molecule has 2 atom stereocenters. The first-order valence-electron chi connectivity index (χ1n) is 5.65. The summed E-state index contributed by atoms with van der Waals surface area (Å²) >= 11 is 0. The highest BCUT2D eigenvalue weighted by Gasteiger charge is 2.42. The van der Waals surface area contributed by atoms with Crippen LogP contribution < -0.4 is 4.74 Å². The maximum atomic E-state index is 6.13. The molecule has 0 N–H and O–H groups in total. The summed E-state index contributed by atoms with van der Waals surface area (Å²) in [5.41, 5.74) is 1.31. The van der Waals surface area contributed by atoms with E-state index in [-0.39, 0.29) is 5.60 Å². The second kappa shape index (κ2) is 3.24. The van der Waals surface area contributed by atoms with Crippen LogP contribution in [0.5, 0.6) is 5.75 Å². The average Bonchev–Trinajstić information content (AvgIpc) is 2.66. The van der Waals surface area contributed by atoms with Gasteiger partial charge in [0.1, 0.15) is 11.4 Å². The van der Waals surface area contributed by atoms with Crippen LogP contribution in [-0.4, -0.2) is 18.8 Å². The fourth-order valence-electron chi connectivity index (χ4n) is 2.75. The first-order valence-corrected chi connectivity index (χ1v) is 5.65. The number of hydrogen-bond acceptors (Lipinski definition) is 2. The molecule has 0 amide bonds. The molecule has 0 aliphatic carbocycles. The van der Waals surface area contributed by atoms with Crippen molar-refractivity contribution in [2.24, 2.45) is 0 Å². The van der Waals surface area contributed by atoms with Crippen LogP contribution in [0.25, 0.3) is 0 Å². The van der Waals surface area contributed by atoms with E-state index in [1.165, 1.54) is 5.56 Å². The molecule has 15 heavy (non-hydrogen) atoms. The Morgan fingerprint density at radius 3 is 3.00 bits per heavy atom. The standard InChI is InChI=1S/C13H16O2/c1-10-8-13(6-7-14-9-13)15-12-5-3-2-4-11(10)12/h2-5,10H,6-9H2,1H3. The Labute approximate surface area is 90.2 Å². The van der Waals surface area contributed by atoms with E-state index in [1.807, 2.05) is 6.07 Å². The highest BCUT2D eigenvalue weighted by Crippen LogP contribution is 2.43. The molecular weight excluding hydrogens is 188 g/mol. The highest BCUT2D eigenvalue weighted by atomic mass is 16.6. The molecule has 1 aromatic carbocycles. The second-order valence-electron chi connectivity index (χ2n) is 4.73. The quantitative estimate of drug-likeness (QED) is 0.647. The lowest BCUT2D eigenvalue weighted by atomic mass is 9.83. The summed E-state index contributed by atoms with van der Waals surface area (Å²) in [6, 6.07) is 8.37. The molecule has 1 fully saturated rings. The van der Waals surface area contributed by atoms with Gasteiger partial charge in [-0.2, -0.15) is 0 Å². The minimum atomic E-state index is -0.0340. The molecule has 2 aliphatic heterocycles. The molecule has 1 spiro atoms. The highest BCUT2D eigenvalue weighted by molar-refractivity contribution is 5.39. The van der Waals surface area contributed by atoms with Crippen molar-refractivity contribution in [2.45, 2.75) is 31.3 Å². The van der Waals surface area contributed by atoms with Crippen LogP contribution >= 0.6 is 0 Å². The van der Waals surface area contributed by atoms with Gasteiger partial charge in [0.25, 0.3) is 0 Å². The van der Waals surface area contributed by atoms with Gasteiger partial charge in [0.05, 0.1) is 13.2 Å². The Morgan fingerprint density at radius 2 is 2.20 bits per heavy atom. The Bertz CT molecular complexity index is 367. The van der Waals surface area contributed by atoms with Gasteiger partial charge in [-0.1, -0.05) is 25.1 Å². The van der Waals surface area contributed by atoms with E-state index in [0.717, 1.165) is 31.8 Å². The van der Waals surface area contributed by atoms with Crippen LogP contribution in [0.15, 0.2) is 24.3 Å². The van der Waals surface area contributed by atoms with Gasteiger partial charge < -0.3 is 9.47 Å². The summed E-state index contributed by atoms with van der Waals surface area (Å²) in [5.74, 6) is 1.64. The smallest absolute Gasteiger partial charge is 0.135 e. The maximum absolute atomic E-state index is 6.13. The molecule has 0 bridgehead atoms. The van der Waals surface area contributed by atoms with E-state index in [2.05, 4.69) is 25.1 Å². The average molecular weight is 204 g/mol. The molecule has 0 aromatic heterocycles. The normalized spacial score (nSPS) is 33.8. The fraction of sp³-hybridized carbons (Fsp3) is 0.538. The van der Waals surface area contributed by atoms with Crippen molar-refractivity contribution in [1.29, 1.82) is 0 Å². The summed E-state index contributed by atoms with van der Waals surface area (Å²) in [5, 5.41) is 0. The molecule has 0 radical (unpaired) electrons. The van der Waals surface area contributed by atoms with E-state index < -0.39 is 0 Å². The zero-order valence-corrected chi connectivity index (χ0v) is 9.03. The van der Waals surface area contributed by atoms with Gasteiger partial charge in [-0.05, 0) is 24.0 Å². The zero-order chi connectivity index (χ0) is 10.3. The van der Waals surface area contributed by atoms with Gasteiger partial charge in [-0.3, -0.25) is 0 Å². The molecule has 0 saturated carbocycles. The zero-order valence-electron chi connectivity index (χ0n) is 9.03. The molecular formula is C13H16O2. The maximum Gasteiger partial charge on any atom is 0.135 e. The van der Waals surface area contributed by atoms with Crippen molar-refractivity contribution >= 4 is 0 Å². The minimum Gasteiger partial charge on any atom is -0.484 e. The van der Waals surface area contributed by atoms with Crippen molar-refractivity contribution < 1.29 is 9.47 Å². The summed E-state index contributed by atoms with van der Waals surface area (Å²) in [4.78, 5) is 0. The molecule has 2 heteroatoms. The summed E-state index contributed by atoms with van der Waals surface area (Å²) in [7, 11) is 0. The third-order valence-electron chi connectivity index (χ3n) is 3.52. The lowest BCUT2D eigenvalue weighted by molar-refractivity contribution is 0.0248. The summed E-state index contributed by atoms with van der Waals surface area (Å²) in [6.45, 7) is 3.88. The van der Waals surface area contributed by atoms with Gasteiger partial charge in [-0.25, -0.2) is 0 Å². The Morgan fingerprint density at radius 1 is 1.33 bits per heavy atom. The van der Waals surface area contributed by atoms with Crippen LogP contribution in [-0.2, 0) is 4.74 Å². The Balaban J connectivity index is 1.98. The number of para-hydroxylation sites is 1. The van der Waals surface area contributed by atoms with Crippen LogP contribution in [0.4, 0.5) is 0 Å². The molecule has 2 unspecified atom stereocenters. The van der Waals surface area contributed by atoms with Crippen molar-refractivity contribution in [2.75, 3.05) is 13.2 Å². The van der Waals surface area contributed by atoms with E-state index in [4.69, 9.17) is 9.47 Å². The predicted molar refractivity (Wildman–Crippen MR) is 58.3 cm³/mol. The predicted octanol–water partition coefficient (Wildman–Crippen LogP) is 2.73. The van der Waals surface area contributed by atoms with E-state index in [1.54, 1.807) is 0 Å². The van der Waals surface area contributed by atoms with Gasteiger partial charge in [0, 0.05) is 6.42 Å². The molecule has 1 aromatic rings. The summed E-state index contributed by atoms with van der Waals surface area (Å²) in [6.07, 6.45) is 2.12. The van der Waals surface area contributed by atoms with Crippen LogP contribution in [0.2, 0.25) is 0 Å². The minimum absolute atomic E-state index is 0.0340. The van der Waals surface area contributed by atoms with E-state index >= 15 is 0 Å². The number of benzene rings is 1. The number of rotatable bonds is 0. The molecule has 2 heterocycles.